The summed E-state index contributed by atoms with van der Waals surface area (Å²) in [6.45, 7) is 10.4. The van der Waals surface area contributed by atoms with Crippen LogP contribution in [0.5, 0.6) is 0 Å². The molecule has 2 amide bonds. The van der Waals surface area contributed by atoms with Gasteiger partial charge in [-0.05, 0) is 38.0 Å². The molecule has 0 aromatic heterocycles. The maximum absolute atomic E-state index is 12.2. The van der Waals surface area contributed by atoms with E-state index in [-0.39, 0.29) is 23.2 Å². The zero-order valence-corrected chi connectivity index (χ0v) is 16.8. The summed E-state index contributed by atoms with van der Waals surface area (Å²) in [4.78, 5) is 29.5. The highest BCUT2D eigenvalue weighted by Gasteiger charge is 2.59. The van der Waals surface area contributed by atoms with Crippen LogP contribution < -0.4 is 0 Å². The van der Waals surface area contributed by atoms with Crippen LogP contribution in [0.15, 0.2) is 0 Å². The van der Waals surface area contributed by atoms with Crippen molar-refractivity contribution in [2.75, 3.05) is 32.7 Å². The minimum atomic E-state index is -0.775. The molecule has 4 rings (SSSR count). The maximum Gasteiger partial charge on any atom is 0.410 e. The minimum Gasteiger partial charge on any atom is -0.465 e. The van der Waals surface area contributed by atoms with Crippen LogP contribution in [-0.4, -0.2) is 82.4 Å². The van der Waals surface area contributed by atoms with Crippen molar-refractivity contribution in [3.63, 3.8) is 0 Å². The lowest BCUT2D eigenvalue weighted by Crippen LogP contribution is -2.62. The second kappa shape index (κ2) is 6.54. The van der Waals surface area contributed by atoms with E-state index in [2.05, 4.69) is 11.8 Å². The number of rotatable bonds is 3. The van der Waals surface area contributed by atoms with Gasteiger partial charge in [0, 0.05) is 51.1 Å². The van der Waals surface area contributed by atoms with Crippen molar-refractivity contribution in [2.24, 2.45) is 11.3 Å². The normalized spacial score (nSPS) is 35.9. The zero-order valence-electron chi connectivity index (χ0n) is 16.8. The topological polar surface area (TPSA) is 73.3 Å². The van der Waals surface area contributed by atoms with E-state index in [4.69, 9.17) is 4.74 Å². The first-order valence-electron chi connectivity index (χ1n) is 10.5. The molecule has 3 unspecified atom stereocenters. The molecular weight excluding hydrogens is 346 g/mol. The van der Waals surface area contributed by atoms with Crippen molar-refractivity contribution in [2.45, 2.75) is 70.6 Å². The number of carboxylic acid groups (broad SMARTS) is 1. The highest BCUT2D eigenvalue weighted by atomic mass is 16.6. The Morgan fingerprint density at radius 2 is 1.93 bits per heavy atom. The van der Waals surface area contributed by atoms with E-state index in [0.29, 0.717) is 25.0 Å². The van der Waals surface area contributed by atoms with Gasteiger partial charge in [0.25, 0.3) is 0 Å². The van der Waals surface area contributed by atoms with Crippen LogP contribution in [0.4, 0.5) is 9.59 Å². The lowest BCUT2D eigenvalue weighted by Gasteiger charge is -2.58. The Morgan fingerprint density at radius 3 is 2.44 bits per heavy atom. The molecule has 0 bridgehead atoms. The molecule has 27 heavy (non-hydrogen) atoms. The maximum atomic E-state index is 12.2. The van der Waals surface area contributed by atoms with Gasteiger partial charge in [-0.3, -0.25) is 4.90 Å². The number of carbonyl (C=O) groups excluding carboxylic acids is 1. The van der Waals surface area contributed by atoms with Gasteiger partial charge in [-0.15, -0.1) is 0 Å². The van der Waals surface area contributed by atoms with Crippen molar-refractivity contribution >= 4 is 12.2 Å². The van der Waals surface area contributed by atoms with Gasteiger partial charge in [-0.25, -0.2) is 9.59 Å². The van der Waals surface area contributed by atoms with Gasteiger partial charge in [-0.1, -0.05) is 13.3 Å². The van der Waals surface area contributed by atoms with Crippen molar-refractivity contribution in [1.29, 1.82) is 0 Å². The molecule has 0 aromatic rings. The Labute approximate surface area is 161 Å². The average Bonchev–Trinajstić information content (AvgIpc) is 3.18. The predicted octanol–water partition coefficient (Wildman–Crippen LogP) is 2.85. The highest BCUT2D eigenvalue weighted by molar-refractivity contribution is 5.71. The van der Waals surface area contributed by atoms with Crippen molar-refractivity contribution in [3.05, 3.63) is 0 Å². The average molecular weight is 380 g/mol. The highest BCUT2D eigenvalue weighted by Crippen LogP contribution is 2.56. The van der Waals surface area contributed by atoms with Crippen LogP contribution in [0.2, 0.25) is 0 Å². The molecule has 0 radical (unpaired) electrons. The Kier molecular flexibility index (Phi) is 4.56. The first kappa shape index (κ1) is 18.8. The predicted molar refractivity (Wildman–Crippen MR) is 101 cm³/mol. The summed E-state index contributed by atoms with van der Waals surface area (Å²) in [6, 6.07) is 0.741. The Bertz CT molecular complexity index is 616. The molecule has 0 aromatic carbocycles. The molecule has 2 spiro atoms. The number of ether oxygens (including phenoxy) is 1. The Balaban J connectivity index is 1.36. The molecule has 4 fully saturated rings. The minimum absolute atomic E-state index is 0.160. The number of hydrogen-bond acceptors (Lipinski definition) is 4. The van der Waals surface area contributed by atoms with Gasteiger partial charge in [0.2, 0.25) is 0 Å². The number of nitrogens with zero attached hydrogens (tertiary/aromatic N) is 3. The van der Waals surface area contributed by atoms with Crippen LogP contribution in [0.25, 0.3) is 0 Å². The molecule has 1 aliphatic carbocycles. The molecule has 152 valence electrons. The SMILES string of the molecule is CCC1C(N2CCC3(CC2)CN(C(C)C)C(=O)O3)CC12CCN(C(=O)O)C2. The van der Waals surface area contributed by atoms with Crippen LogP contribution in [0.3, 0.4) is 0 Å². The summed E-state index contributed by atoms with van der Waals surface area (Å²) in [5.41, 5.74) is -0.102. The first-order chi connectivity index (χ1) is 12.8. The van der Waals surface area contributed by atoms with E-state index < -0.39 is 6.09 Å². The van der Waals surface area contributed by atoms with E-state index in [0.717, 1.165) is 51.7 Å². The number of likely N-dealkylation sites (tertiary alicyclic amines) is 2. The number of hydrogen-bond donors (Lipinski definition) is 1. The smallest absolute Gasteiger partial charge is 0.410 e. The third kappa shape index (κ3) is 2.98. The van der Waals surface area contributed by atoms with Gasteiger partial charge in [-0.2, -0.15) is 0 Å². The molecule has 3 heterocycles. The fourth-order valence-corrected chi connectivity index (χ4v) is 6.14. The quantitative estimate of drug-likeness (QED) is 0.816. The van der Waals surface area contributed by atoms with E-state index in [1.54, 1.807) is 4.90 Å². The largest absolute Gasteiger partial charge is 0.465 e. The molecule has 3 aliphatic heterocycles. The first-order valence-corrected chi connectivity index (χ1v) is 10.5. The summed E-state index contributed by atoms with van der Waals surface area (Å²) >= 11 is 0. The number of piperidine rings is 1. The van der Waals surface area contributed by atoms with Crippen LogP contribution >= 0.6 is 0 Å². The molecule has 3 saturated heterocycles. The van der Waals surface area contributed by atoms with E-state index in [1.807, 2.05) is 18.7 Å². The fraction of sp³-hybridized carbons (Fsp3) is 0.900. The Hall–Kier alpha value is -1.50. The third-order valence-electron chi connectivity index (χ3n) is 7.76. The van der Waals surface area contributed by atoms with Crippen LogP contribution in [0.1, 0.15) is 52.9 Å². The monoisotopic (exact) mass is 379 g/mol. The van der Waals surface area contributed by atoms with Crippen molar-refractivity contribution in [3.8, 4) is 0 Å². The summed E-state index contributed by atoms with van der Waals surface area (Å²) < 4.78 is 5.82. The van der Waals surface area contributed by atoms with Gasteiger partial charge in [0.1, 0.15) is 5.60 Å². The summed E-state index contributed by atoms with van der Waals surface area (Å²) in [7, 11) is 0. The summed E-state index contributed by atoms with van der Waals surface area (Å²) in [5.74, 6) is 0.578. The van der Waals surface area contributed by atoms with Gasteiger partial charge < -0.3 is 19.6 Å². The van der Waals surface area contributed by atoms with Crippen LogP contribution in [0, 0.1) is 11.3 Å². The molecule has 3 atom stereocenters. The van der Waals surface area contributed by atoms with Gasteiger partial charge in [0.15, 0.2) is 0 Å². The standard InChI is InChI=1S/C20H33N3O4/c1-4-15-16(11-19(15)5-8-22(12-19)17(24)25)21-9-6-20(7-10-21)13-23(14(2)3)18(26)27-20/h14-16H,4-13H2,1-3H3,(H,24,25). The molecule has 7 nitrogen and oxygen atoms in total. The van der Waals surface area contributed by atoms with Crippen molar-refractivity contribution in [1.82, 2.24) is 14.7 Å². The number of amides is 2. The fourth-order valence-electron chi connectivity index (χ4n) is 6.14. The lowest BCUT2D eigenvalue weighted by atomic mass is 9.54. The Morgan fingerprint density at radius 1 is 1.22 bits per heavy atom. The summed E-state index contributed by atoms with van der Waals surface area (Å²) in [6.07, 6.45) is 4.10. The van der Waals surface area contributed by atoms with E-state index in [1.165, 1.54) is 0 Å². The van der Waals surface area contributed by atoms with Gasteiger partial charge in [0.05, 0.1) is 6.54 Å². The second-order valence-electron chi connectivity index (χ2n) is 9.41. The van der Waals surface area contributed by atoms with Crippen LogP contribution in [-0.2, 0) is 4.74 Å². The second-order valence-corrected chi connectivity index (χ2v) is 9.41. The van der Waals surface area contributed by atoms with E-state index in [9.17, 15) is 14.7 Å². The van der Waals surface area contributed by atoms with Gasteiger partial charge >= 0.3 is 12.2 Å². The summed E-state index contributed by atoms with van der Waals surface area (Å²) in [5, 5.41) is 9.31. The molecule has 4 aliphatic rings. The molecule has 1 N–H and O–H groups in total. The van der Waals surface area contributed by atoms with E-state index >= 15 is 0 Å². The molecular formula is C20H33N3O4. The number of carbonyl (C=O) groups is 2. The zero-order chi connectivity index (χ0) is 19.4. The molecule has 1 saturated carbocycles. The van der Waals surface area contributed by atoms with Crippen molar-refractivity contribution < 1.29 is 19.4 Å². The third-order valence-corrected chi connectivity index (χ3v) is 7.76. The lowest BCUT2D eigenvalue weighted by molar-refractivity contribution is -0.0978. The molecule has 7 heteroatoms.